The van der Waals surface area contributed by atoms with Crippen LogP contribution in [0, 0.1) is 6.92 Å². The van der Waals surface area contributed by atoms with E-state index in [-0.39, 0.29) is 4.90 Å². The minimum Gasteiger partial charge on any atom is -0.457 e. The zero-order valence-corrected chi connectivity index (χ0v) is 14.1. The number of rotatable bonds is 5. The van der Waals surface area contributed by atoms with Crippen molar-refractivity contribution in [1.82, 2.24) is 9.78 Å². The van der Waals surface area contributed by atoms with Crippen molar-refractivity contribution >= 4 is 15.8 Å². The molecule has 2 aromatic carbocycles. The first-order valence-electron chi connectivity index (χ1n) is 7.30. The van der Waals surface area contributed by atoms with Crippen molar-refractivity contribution in [2.24, 2.45) is 7.05 Å². The third-order valence-corrected chi connectivity index (χ3v) is 4.72. The van der Waals surface area contributed by atoms with Gasteiger partial charge in [0.25, 0.3) is 10.0 Å². The fourth-order valence-electron chi connectivity index (χ4n) is 2.21. The number of benzene rings is 2. The number of anilines is 1. The van der Waals surface area contributed by atoms with E-state index in [1.807, 2.05) is 30.3 Å². The van der Waals surface area contributed by atoms with Gasteiger partial charge in [0.2, 0.25) is 0 Å². The van der Waals surface area contributed by atoms with Crippen LogP contribution in [0.25, 0.3) is 0 Å². The summed E-state index contributed by atoms with van der Waals surface area (Å²) in [7, 11) is -2.00. The van der Waals surface area contributed by atoms with Gasteiger partial charge in [-0.15, -0.1) is 0 Å². The van der Waals surface area contributed by atoms with Gasteiger partial charge in [-0.2, -0.15) is 5.10 Å². The highest BCUT2D eigenvalue weighted by Crippen LogP contribution is 2.23. The SMILES string of the molecule is Cc1cc(NS(=O)(=O)c2ccc(Oc3ccccc3)cc2)n(C)n1. The largest absolute Gasteiger partial charge is 0.457 e. The normalized spacial score (nSPS) is 11.2. The summed E-state index contributed by atoms with van der Waals surface area (Å²) in [4.78, 5) is 0.154. The molecule has 0 aliphatic rings. The lowest BCUT2D eigenvalue weighted by atomic mass is 10.3. The topological polar surface area (TPSA) is 73.2 Å². The molecule has 3 rings (SSSR count). The summed E-state index contributed by atoms with van der Waals surface area (Å²) in [5, 5.41) is 4.12. The molecule has 24 heavy (non-hydrogen) atoms. The smallest absolute Gasteiger partial charge is 0.263 e. The highest BCUT2D eigenvalue weighted by atomic mass is 32.2. The zero-order valence-electron chi connectivity index (χ0n) is 13.3. The number of nitrogens with one attached hydrogen (secondary N) is 1. The van der Waals surface area contributed by atoms with Crippen molar-refractivity contribution in [3.63, 3.8) is 0 Å². The molecular weight excluding hydrogens is 326 g/mol. The van der Waals surface area contributed by atoms with E-state index >= 15 is 0 Å². The van der Waals surface area contributed by atoms with E-state index in [4.69, 9.17) is 4.74 Å². The van der Waals surface area contributed by atoms with Gasteiger partial charge in [-0.1, -0.05) is 18.2 Å². The Morgan fingerprint density at radius 2 is 1.62 bits per heavy atom. The lowest BCUT2D eigenvalue weighted by molar-refractivity contribution is 0.482. The molecule has 1 aromatic heterocycles. The van der Waals surface area contributed by atoms with Crippen LogP contribution in [0.5, 0.6) is 11.5 Å². The number of hydrogen-bond acceptors (Lipinski definition) is 4. The molecule has 7 heteroatoms. The molecule has 1 N–H and O–H groups in total. The Morgan fingerprint density at radius 3 is 2.21 bits per heavy atom. The van der Waals surface area contributed by atoms with E-state index in [2.05, 4.69) is 9.82 Å². The van der Waals surface area contributed by atoms with E-state index in [1.54, 1.807) is 32.2 Å². The van der Waals surface area contributed by atoms with Crippen LogP contribution >= 0.6 is 0 Å². The lowest BCUT2D eigenvalue weighted by Gasteiger charge is -2.09. The molecule has 0 aliphatic carbocycles. The van der Waals surface area contributed by atoms with Crippen LogP contribution in [0.4, 0.5) is 5.82 Å². The van der Waals surface area contributed by atoms with E-state index in [0.29, 0.717) is 17.3 Å². The Bertz CT molecular complexity index is 933. The summed E-state index contributed by atoms with van der Waals surface area (Å²) in [6, 6.07) is 17.2. The zero-order chi connectivity index (χ0) is 17.2. The average molecular weight is 343 g/mol. The summed E-state index contributed by atoms with van der Waals surface area (Å²) >= 11 is 0. The number of sulfonamides is 1. The Morgan fingerprint density at radius 1 is 1.00 bits per heavy atom. The molecular formula is C17H17N3O3S. The summed E-state index contributed by atoms with van der Waals surface area (Å²) in [5.41, 5.74) is 0.738. The number of nitrogens with zero attached hydrogens (tertiary/aromatic N) is 2. The molecule has 0 bridgehead atoms. The monoisotopic (exact) mass is 343 g/mol. The Hall–Kier alpha value is -2.80. The van der Waals surface area contributed by atoms with Gasteiger partial charge >= 0.3 is 0 Å². The first-order chi connectivity index (χ1) is 11.4. The summed E-state index contributed by atoms with van der Waals surface area (Å²) in [6.07, 6.45) is 0. The van der Waals surface area contributed by atoms with Gasteiger partial charge < -0.3 is 4.74 Å². The third kappa shape index (κ3) is 3.57. The highest BCUT2D eigenvalue weighted by molar-refractivity contribution is 7.92. The van der Waals surface area contributed by atoms with E-state index in [0.717, 1.165) is 5.69 Å². The third-order valence-electron chi connectivity index (χ3n) is 3.35. The molecule has 0 unspecified atom stereocenters. The standard InChI is InChI=1S/C17H17N3O3S/c1-13-12-17(20(2)18-13)19-24(21,22)16-10-8-15(9-11-16)23-14-6-4-3-5-7-14/h3-12,19H,1-2H3. The molecule has 0 saturated heterocycles. The molecule has 0 fully saturated rings. The second-order valence-electron chi connectivity index (χ2n) is 5.29. The van der Waals surface area contributed by atoms with Crippen LogP contribution in [0.2, 0.25) is 0 Å². The Labute approximate surface area is 140 Å². The van der Waals surface area contributed by atoms with Crippen molar-refractivity contribution < 1.29 is 13.2 Å². The van der Waals surface area contributed by atoms with Crippen molar-refractivity contribution in [2.45, 2.75) is 11.8 Å². The van der Waals surface area contributed by atoms with Crippen molar-refractivity contribution in [3.05, 3.63) is 66.4 Å². The van der Waals surface area contributed by atoms with Crippen LogP contribution in [0.3, 0.4) is 0 Å². The summed E-state index contributed by atoms with van der Waals surface area (Å²) in [6.45, 7) is 1.80. The van der Waals surface area contributed by atoms with E-state index in [9.17, 15) is 8.42 Å². The van der Waals surface area contributed by atoms with Crippen LogP contribution in [-0.2, 0) is 17.1 Å². The van der Waals surface area contributed by atoms with Gasteiger partial charge in [0.05, 0.1) is 10.6 Å². The Kier molecular flexibility index (Phi) is 4.26. The predicted octanol–water partition coefficient (Wildman–Crippen LogP) is 3.32. The fraction of sp³-hybridized carbons (Fsp3) is 0.118. The van der Waals surface area contributed by atoms with Gasteiger partial charge in [-0.25, -0.2) is 8.42 Å². The maximum absolute atomic E-state index is 12.4. The first kappa shape index (κ1) is 16.1. The number of ether oxygens (including phenoxy) is 1. The molecule has 124 valence electrons. The summed E-state index contributed by atoms with van der Waals surface area (Å²) in [5.74, 6) is 1.67. The number of hydrogen-bond donors (Lipinski definition) is 1. The molecule has 0 saturated carbocycles. The Balaban J connectivity index is 1.78. The maximum atomic E-state index is 12.4. The molecule has 0 aliphatic heterocycles. The van der Waals surface area contributed by atoms with Crippen molar-refractivity contribution in [1.29, 1.82) is 0 Å². The fourth-order valence-corrected chi connectivity index (χ4v) is 3.29. The molecule has 0 radical (unpaired) electrons. The van der Waals surface area contributed by atoms with Crippen LogP contribution in [0.1, 0.15) is 5.69 Å². The van der Waals surface area contributed by atoms with Gasteiger partial charge in [0.1, 0.15) is 17.3 Å². The predicted molar refractivity (Wildman–Crippen MR) is 91.7 cm³/mol. The van der Waals surface area contributed by atoms with Crippen LogP contribution in [0.15, 0.2) is 65.6 Å². The number of aryl methyl sites for hydroxylation is 2. The first-order valence-corrected chi connectivity index (χ1v) is 8.79. The maximum Gasteiger partial charge on any atom is 0.263 e. The van der Waals surface area contributed by atoms with Crippen LogP contribution < -0.4 is 9.46 Å². The van der Waals surface area contributed by atoms with Crippen molar-refractivity contribution in [2.75, 3.05) is 4.72 Å². The molecule has 0 amide bonds. The van der Waals surface area contributed by atoms with Gasteiger partial charge in [-0.05, 0) is 43.3 Å². The second-order valence-corrected chi connectivity index (χ2v) is 6.97. The highest BCUT2D eigenvalue weighted by Gasteiger charge is 2.16. The van der Waals surface area contributed by atoms with Crippen LogP contribution in [-0.4, -0.2) is 18.2 Å². The van der Waals surface area contributed by atoms with Crippen molar-refractivity contribution in [3.8, 4) is 11.5 Å². The number of para-hydroxylation sites is 1. The van der Waals surface area contributed by atoms with Gasteiger partial charge in [-0.3, -0.25) is 9.40 Å². The quantitative estimate of drug-likeness (QED) is 0.771. The average Bonchev–Trinajstić information content (AvgIpc) is 2.86. The molecule has 3 aromatic rings. The minimum atomic E-state index is -3.68. The van der Waals surface area contributed by atoms with E-state index < -0.39 is 10.0 Å². The van der Waals surface area contributed by atoms with Gasteiger partial charge in [0, 0.05) is 13.1 Å². The van der Waals surface area contributed by atoms with E-state index in [1.165, 1.54) is 16.8 Å². The molecule has 0 spiro atoms. The lowest BCUT2D eigenvalue weighted by Crippen LogP contribution is -2.15. The minimum absolute atomic E-state index is 0.154. The number of aromatic nitrogens is 2. The van der Waals surface area contributed by atoms with Gasteiger partial charge in [0.15, 0.2) is 0 Å². The molecule has 0 atom stereocenters. The second kappa shape index (κ2) is 6.37. The molecule has 1 heterocycles. The molecule has 6 nitrogen and oxygen atoms in total. The summed E-state index contributed by atoms with van der Waals surface area (Å²) < 4.78 is 34.5.